The molecule has 1 atom stereocenters. The average Bonchev–Trinajstić information content (AvgIpc) is 2.87. The van der Waals surface area contributed by atoms with Crippen LogP contribution in [-0.4, -0.2) is 94.0 Å². The van der Waals surface area contributed by atoms with Crippen LogP contribution in [0.2, 0.25) is 0 Å². The van der Waals surface area contributed by atoms with Crippen molar-refractivity contribution in [3.63, 3.8) is 0 Å². The van der Waals surface area contributed by atoms with Gasteiger partial charge in [0.2, 0.25) is 0 Å². The van der Waals surface area contributed by atoms with Crippen molar-refractivity contribution in [1.29, 1.82) is 0 Å². The molecule has 8 nitrogen and oxygen atoms in total. The minimum atomic E-state index is -3.08. The van der Waals surface area contributed by atoms with Crippen LogP contribution in [0.25, 0.3) is 0 Å². The Morgan fingerprint density at radius 3 is 2.59 bits per heavy atom. The summed E-state index contributed by atoms with van der Waals surface area (Å²) in [6.07, 6.45) is 0.394. The van der Waals surface area contributed by atoms with Gasteiger partial charge in [-0.2, -0.15) is 0 Å². The highest BCUT2D eigenvalue weighted by atomic mass is 32.2. The van der Waals surface area contributed by atoms with Crippen molar-refractivity contribution < 1.29 is 22.7 Å². The van der Waals surface area contributed by atoms with Crippen molar-refractivity contribution in [2.45, 2.75) is 12.5 Å². The molecule has 0 aliphatic carbocycles. The van der Waals surface area contributed by atoms with Crippen LogP contribution in [0.5, 0.6) is 0 Å². The summed E-state index contributed by atoms with van der Waals surface area (Å²) in [4.78, 5) is 27.3. The third-order valence-electron chi connectivity index (χ3n) is 4.09. The lowest BCUT2D eigenvalue weighted by atomic mass is 10.2. The number of hydrogen-bond acceptors (Lipinski definition) is 6. The molecule has 22 heavy (non-hydrogen) atoms. The van der Waals surface area contributed by atoms with Crippen molar-refractivity contribution in [3.8, 4) is 0 Å². The van der Waals surface area contributed by atoms with E-state index >= 15 is 0 Å². The fourth-order valence-corrected chi connectivity index (χ4v) is 4.41. The molecule has 2 fully saturated rings. The summed E-state index contributed by atoms with van der Waals surface area (Å²) >= 11 is 0. The summed E-state index contributed by atoms with van der Waals surface area (Å²) in [7, 11) is -1.59. The molecule has 1 unspecified atom stereocenters. The second kappa shape index (κ2) is 7.38. The Morgan fingerprint density at radius 1 is 1.32 bits per heavy atom. The number of likely N-dealkylation sites (N-methyl/N-ethyl adjacent to an activating group) is 1. The van der Waals surface area contributed by atoms with Crippen LogP contribution in [0, 0.1) is 0 Å². The van der Waals surface area contributed by atoms with Crippen LogP contribution in [0.15, 0.2) is 0 Å². The van der Waals surface area contributed by atoms with Gasteiger partial charge in [-0.25, -0.2) is 8.42 Å². The Hall–Kier alpha value is -1.19. The van der Waals surface area contributed by atoms with Gasteiger partial charge in [0.05, 0.1) is 24.7 Å². The molecule has 0 bridgehead atoms. The number of carbonyl (C=O) groups is 2. The molecule has 9 heteroatoms. The molecule has 1 N–H and O–H groups in total. The molecule has 2 saturated heterocycles. The van der Waals surface area contributed by atoms with Crippen molar-refractivity contribution in [3.05, 3.63) is 0 Å². The molecule has 2 heterocycles. The summed E-state index contributed by atoms with van der Waals surface area (Å²) < 4.78 is 28.1. The number of amides is 2. The summed E-state index contributed by atoms with van der Waals surface area (Å²) in [6, 6.07) is -0.400. The van der Waals surface area contributed by atoms with Gasteiger partial charge < -0.3 is 15.0 Å². The lowest BCUT2D eigenvalue weighted by Crippen LogP contribution is -2.48. The molecule has 0 aromatic heterocycles. The fraction of sp³-hybridized carbons (Fsp3) is 0.846. The monoisotopic (exact) mass is 333 g/mol. The smallest absolute Gasteiger partial charge is 0.311 e. The molecule has 0 saturated carbocycles. The Morgan fingerprint density at radius 2 is 2.00 bits per heavy atom. The van der Waals surface area contributed by atoms with Crippen LogP contribution in [-0.2, 0) is 24.2 Å². The van der Waals surface area contributed by atoms with Crippen molar-refractivity contribution in [1.82, 2.24) is 15.1 Å². The van der Waals surface area contributed by atoms with Crippen molar-refractivity contribution >= 4 is 21.7 Å². The zero-order valence-electron chi connectivity index (χ0n) is 12.8. The Kier molecular flexibility index (Phi) is 5.76. The van der Waals surface area contributed by atoms with Gasteiger partial charge in [0.1, 0.15) is 0 Å². The first-order valence-corrected chi connectivity index (χ1v) is 9.27. The van der Waals surface area contributed by atoms with Crippen LogP contribution < -0.4 is 5.32 Å². The summed E-state index contributed by atoms with van der Waals surface area (Å²) in [6.45, 7) is 4.08. The minimum Gasteiger partial charge on any atom is -0.379 e. The third-order valence-corrected chi connectivity index (χ3v) is 5.84. The molecule has 2 amide bonds. The predicted molar refractivity (Wildman–Crippen MR) is 80.1 cm³/mol. The van der Waals surface area contributed by atoms with E-state index in [9.17, 15) is 18.0 Å². The van der Waals surface area contributed by atoms with E-state index in [0.717, 1.165) is 13.1 Å². The van der Waals surface area contributed by atoms with E-state index in [1.807, 2.05) is 0 Å². The van der Waals surface area contributed by atoms with Crippen LogP contribution in [0.1, 0.15) is 6.42 Å². The maximum atomic E-state index is 12.0. The largest absolute Gasteiger partial charge is 0.379 e. The number of carbonyl (C=O) groups excluding carboxylic acids is 2. The molecule has 2 rings (SSSR count). The van der Waals surface area contributed by atoms with Gasteiger partial charge in [0.25, 0.3) is 0 Å². The summed E-state index contributed by atoms with van der Waals surface area (Å²) in [5, 5.41) is 2.59. The number of ether oxygens (including phenoxy) is 1. The van der Waals surface area contributed by atoms with E-state index in [0.29, 0.717) is 32.7 Å². The molecule has 0 aromatic carbocycles. The molecule has 126 valence electrons. The zero-order valence-corrected chi connectivity index (χ0v) is 13.6. The van der Waals surface area contributed by atoms with Gasteiger partial charge in [-0.1, -0.05) is 0 Å². The van der Waals surface area contributed by atoms with E-state index in [1.54, 1.807) is 0 Å². The maximum absolute atomic E-state index is 12.0. The first-order chi connectivity index (χ1) is 10.4. The van der Waals surface area contributed by atoms with Gasteiger partial charge in [0, 0.05) is 39.3 Å². The highest BCUT2D eigenvalue weighted by Gasteiger charge is 2.34. The number of nitrogens with zero attached hydrogens (tertiary/aromatic N) is 2. The highest BCUT2D eigenvalue weighted by molar-refractivity contribution is 7.91. The summed E-state index contributed by atoms with van der Waals surface area (Å²) in [5.74, 6) is -1.34. The van der Waals surface area contributed by atoms with Crippen LogP contribution in [0.4, 0.5) is 0 Å². The average molecular weight is 333 g/mol. The SMILES string of the molecule is CN(C(=O)C(=O)NCCN1CCOCC1)C1CCS(=O)(=O)C1. The molecule has 2 aliphatic heterocycles. The number of sulfone groups is 1. The Labute approximate surface area is 130 Å². The van der Waals surface area contributed by atoms with Crippen molar-refractivity contribution in [2.75, 3.05) is 57.9 Å². The van der Waals surface area contributed by atoms with Gasteiger partial charge in [-0.15, -0.1) is 0 Å². The van der Waals surface area contributed by atoms with E-state index in [-0.39, 0.29) is 11.5 Å². The van der Waals surface area contributed by atoms with Gasteiger partial charge in [-0.3, -0.25) is 14.5 Å². The second-order valence-corrected chi connectivity index (χ2v) is 7.91. The molecule has 0 aromatic rings. The third kappa shape index (κ3) is 4.65. The Bertz CT molecular complexity index is 516. The number of rotatable bonds is 4. The lowest BCUT2D eigenvalue weighted by molar-refractivity contribution is -0.146. The molecule has 0 radical (unpaired) electrons. The van der Waals surface area contributed by atoms with Crippen LogP contribution in [0.3, 0.4) is 0 Å². The first-order valence-electron chi connectivity index (χ1n) is 7.44. The first kappa shape index (κ1) is 17.2. The van der Waals surface area contributed by atoms with Gasteiger partial charge in [0.15, 0.2) is 9.84 Å². The van der Waals surface area contributed by atoms with E-state index in [4.69, 9.17) is 4.74 Å². The molecule has 2 aliphatic rings. The standard InChI is InChI=1S/C13H23N3O5S/c1-15(11-2-9-22(19,20)10-11)13(18)12(17)14-3-4-16-5-7-21-8-6-16/h11H,2-10H2,1H3,(H,14,17). The predicted octanol–water partition coefficient (Wildman–Crippen LogP) is -1.92. The highest BCUT2D eigenvalue weighted by Crippen LogP contribution is 2.16. The Balaban J connectivity index is 1.73. The molecular weight excluding hydrogens is 310 g/mol. The second-order valence-electron chi connectivity index (χ2n) is 5.68. The number of nitrogens with one attached hydrogen (secondary N) is 1. The van der Waals surface area contributed by atoms with Gasteiger partial charge >= 0.3 is 11.8 Å². The topological polar surface area (TPSA) is 96.0 Å². The minimum absolute atomic E-state index is 0.0592. The maximum Gasteiger partial charge on any atom is 0.311 e. The van der Waals surface area contributed by atoms with E-state index in [2.05, 4.69) is 10.2 Å². The normalized spacial score (nSPS) is 24.9. The van der Waals surface area contributed by atoms with Gasteiger partial charge in [-0.05, 0) is 6.42 Å². The van der Waals surface area contributed by atoms with E-state index < -0.39 is 27.7 Å². The molecular formula is C13H23N3O5S. The quantitative estimate of drug-likeness (QED) is 0.603. The number of morpholine rings is 1. The number of hydrogen-bond donors (Lipinski definition) is 1. The lowest BCUT2D eigenvalue weighted by Gasteiger charge is -2.27. The van der Waals surface area contributed by atoms with Crippen LogP contribution >= 0.6 is 0 Å². The van der Waals surface area contributed by atoms with E-state index in [1.165, 1.54) is 11.9 Å². The van der Waals surface area contributed by atoms with Crippen molar-refractivity contribution in [2.24, 2.45) is 0 Å². The fourth-order valence-electron chi connectivity index (χ4n) is 2.63. The zero-order chi connectivity index (χ0) is 16.2. The molecule has 0 spiro atoms. The summed E-state index contributed by atoms with van der Waals surface area (Å²) in [5.41, 5.74) is 0.